The van der Waals surface area contributed by atoms with Crippen LogP contribution in [0.5, 0.6) is 0 Å². The van der Waals surface area contributed by atoms with E-state index in [-0.39, 0.29) is 0 Å². The van der Waals surface area contributed by atoms with Gasteiger partial charge >= 0.3 is 288 Å². The Bertz CT molecular complexity index is 1580. The van der Waals surface area contributed by atoms with Gasteiger partial charge in [-0.1, -0.05) is 0 Å². The van der Waals surface area contributed by atoms with Crippen LogP contribution >= 0.6 is 21.5 Å². The summed E-state index contributed by atoms with van der Waals surface area (Å²) in [7, 11) is -2.78. The van der Waals surface area contributed by atoms with Gasteiger partial charge in [0.05, 0.1) is 0 Å². The molecule has 6 heteroatoms. The second-order valence-corrected chi connectivity index (χ2v) is 25.3. The van der Waals surface area contributed by atoms with Crippen molar-refractivity contribution in [2.75, 3.05) is 38.9 Å². The zero-order chi connectivity index (χ0) is 33.4. The van der Waals surface area contributed by atoms with E-state index in [2.05, 4.69) is 195 Å². The molecule has 0 heterocycles. The van der Waals surface area contributed by atoms with Gasteiger partial charge in [-0.25, -0.2) is 0 Å². The molecule has 0 aliphatic rings. The Hall–Kier alpha value is -3.67. The van der Waals surface area contributed by atoms with Crippen LogP contribution in [0.4, 0.5) is 0 Å². The molecule has 6 aromatic rings. The Kier molecular flexibility index (Phi) is 10.3. The van der Waals surface area contributed by atoms with E-state index in [1.807, 2.05) is 0 Å². The van der Waals surface area contributed by atoms with Crippen molar-refractivity contribution in [1.29, 1.82) is 0 Å². The molecule has 0 aliphatic heterocycles. The summed E-state index contributed by atoms with van der Waals surface area (Å²) in [6, 6.07) is 64.6. The van der Waals surface area contributed by atoms with Crippen LogP contribution < -0.4 is 31.8 Å². The first-order valence-electron chi connectivity index (χ1n) is 16.5. The van der Waals surface area contributed by atoms with Crippen LogP contribution in [-0.4, -0.2) is 38.9 Å². The van der Waals surface area contributed by atoms with Gasteiger partial charge in [0.1, 0.15) is 0 Å². The van der Waals surface area contributed by atoms with E-state index in [0.717, 1.165) is 0 Å². The molecule has 48 heavy (non-hydrogen) atoms. The molecule has 0 unspecified atom stereocenters. The zero-order valence-electron chi connectivity index (χ0n) is 27.8. The number of benzene rings is 6. The van der Waals surface area contributed by atoms with Crippen molar-refractivity contribution in [1.82, 2.24) is 0 Å². The van der Waals surface area contributed by atoms with Crippen molar-refractivity contribution < 1.29 is 13.6 Å². The van der Waals surface area contributed by atoms with Crippen LogP contribution in [0.15, 0.2) is 182 Å². The molecule has 3 nitrogen and oxygen atoms in total. The maximum absolute atomic E-state index is 13.6. The van der Waals surface area contributed by atoms with Gasteiger partial charge in [0, 0.05) is 0 Å². The van der Waals surface area contributed by atoms with Crippen molar-refractivity contribution in [2.45, 2.75) is 0 Å². The Morgan fingerprint density at radius 3 is 0.750 bits per heavy atom. The average molecular weight is 691 g/mol. The van der Waals surface area contributed by atoms with E-state index in [0.29, 0.717) is 25.5 Å². The minimum atomic E-state index is -3.01. The van der Waals surface area contributed by atoms with Gasteiger partial charge < -0.3 is 0 Å². The molecule has 6 rings (SSSR count). The van der Waals surface area contributed by atoms with Gasteiger partial charge in [-0.15, -0.1) is 0 Å². The van der Waals surface area contributed by atoms with Gasteiger partial charge in [0.15, 0.2) is 0 Å². The predicted molar refractivity (Wildman–Crippen MR) is 213 cm³/mol. The van der Waals surface area contributed by atoms with Gasteiger partial charge in [-0.2, -0.15) is 0 Å². The van der Waals surface area contributed by atoms with Crippen molar-refractivity contribution >= 4 is 53.3 Å². The molecule has 0 aromatic heterocycles. The van der Waals surface area contributed by atoms with E-state index < -0.39 is 21.5 Å². The molecule has 0 radical (unpaired) electrons. The number of rotatable bonds is 14. The fourth-order valence-corrected chi connectivity index (χ4v) is 18.7. The fourth-order valence-electron chi connectivity index (χ4n) is 7.41. The summed E-state index contributed by atoms with van der Waals surface area (Å²) in [5, 5.41) is 7.68. The van der Waals surface area contributed by atoms with Crippen molar-refractivity contribution in [2.24, 2.45) is 0 Å². The molecule has 6 aromatic carbocycles. The van der Waals surface area contributed by atoms with Crippen LogP contribution in [0, 0.1) is 0 Å². The van der Waals surface area contributed by atoms with Crippen molar-refractivity contribution in [3.63, 3.8) is 0 Å². The summed E-state index contributed by atoms with van der Waals surface area (Å²) < 4.78 is 25.9. The maximum atomic E-state index is 13.6. The molecule has 0 amide bonds. The summed E-state index contributed by atoms with van der Waals surface area (Å²) in [6.45, 7) is -0.575. The third kappa shape index (κ3) is 6.16. The number of hydrogen-bond acceptors (Lipinski definition) is 3. The first-order chi connectivity index (χ1) is 23.4. The summed E-state index contributed by atoms with van der Waals surface area (Å²) in [6.07, 6.45) is 1.41. The fraction of sp³-hybridized carbons (Fsp3) is 0.143. The van der Waals surface area contributed by atoms with Gasteiger partial charge in [-0.05, 0) is 0 Å². The third-order valence-corrected chi connectivity index (χ3v) is 24.1. The Morgan fingerprint density at radius 1 is 0.375 bits per heavy atom. The van der Waals surface area contributed by atoms with E-state index in [1.54, 1.807) is 0 Å². The van der Waals surface area contributed by atoms with Crippen LogP contribution in [0.25, 0.3) is 0 Å². The Morgan fingerprint density at radius 2 is 0.562 bits per heavy atom. The molecule has 0 spiro atoms. The first-order valence-corrected chi connectivity index (χ1v) is 23.5. The van der Waals surface area contributed by atoms with Crippen LogP contribution in [0.2, 0.25) is 0 Å². The Labute approximate surface area is 286 Å². The predicted octanol–water partition coefficient (Wildman–Crippen LogP) is 7.73. The molecule has 0 atom stereocenters. The van der Waals surface area contributed by atoms with E-state index in [1.165, 1.54) is 31.8 Å². The summed E-state index contributed by atoms with van der Waals surface area (Å²) in [4.78, 5) is 0. The summed E-state index contributed by atoms with van der Waals surface area (Å²) >= 11 is 0. The molecule has 0 saturated carbocycles. The van der Waals surface area contributed by atoms with Crippen LogP contribution in [0.1, 0.15) is 0 Å². The van der Waals surface area contributed by atoms with E-state index in [9.17, 15) is 4.57 Å². The van der Waals surface area contributed by atoms with Crippen molar-refractivity contribution in [3.05, 3.63) is 182 Å². The zero-order valence-corrected chi connectivity index (χ0v) is 30.6. The molecule has 0 aliphatic carbocycles. The summed E-state index contributed by atoms with van der Waals surface area (Å²) in [5.74, 6) is 0. The number of hydrogen-bond donors (Lipinski definition) is 0. The molecule has 246 valence electrons. The molecule has 0 saturated heterocycles. The topological polar surface area (TPSA) is 35.5 Å². The second-order valence-electron chi connectivity index (χ2n) is 13.0. The SMILES string of the molecule is CP(CCO[PH](=O)OCCP(C)(c1ccccc1)(c1ccccc1)c1ccccc1)(c1ccccc1)(c1ccccc1)c1ccccc1. The molecule has 0 bridgehead atoms. The Balaban J connectivity index is 1.28. The minimum absolute atomic E-state index is 0.316. The van der Waals surface area contributed by atoms with Gasteiger partial charge in [0.2, 0.25) is 0 Å². The molecular formula is C42H45O3P3. The first kappa shape index (κ1) is 34.2. The second kappa shape index (κ2) is 14.4. The summed E-state index contributed by atoms with van der Waals surface area (Å²) in [5.41, 5.74) is 0. The molecular weight excluding hydrogens is 645 g/mol. The standard InChI is InChI=1S/C42H45O3P3/c1-47(37-21-9-3-10-22-37,38-23-11-4-12-24-38,39-25-13-5-14-26-39)35-33-44-46(43)45-34-36-48(2,40-27-15-6-16-28-40,41-29-17-7-18-30-41)42-31-19-8-20-32-42/h3-32,46H,33-36H2,1-2H3. The molecule has 0 fully saturated rings. The normalized spacial score (nSPS) is 14.2. The van der Waals surface area contributed by atoms with Crippen molar-refractivity contribution in [3.8, 4) is 0 Å². The molecule has 0 N–H and O–H groups in total. The van der Waals surface area contributed by atoms with Crippen LogP contribution in [-0.2, 0) is 13.6 Å². The van der Waals surface area contributed by atoms with Gasteiger partial charge in [-0.3, -0.25) is 0 Å². The van der Waals surface area contributed by atoms with Gasteiger partial charge in [0.25, 0.3) is 0 Å². The van der Waals surface area contributed by atoms with E-state index >= 15 is 0 Å². The average Bonchev–Trinajstić information content (AvgIpc) is 3.17. The monoisotopic (exact) mass is 690 g/mol. The van der Waals surface area contributed by atoms with E-state index in [4.69, 9.17) is 9.05 Å². The quantitative estimate of drug-likeness (QED) is 0.110. The third-order valence-electron chi connectivity index (χ3n) is 10.5. The van der Waals surface area contributed by atoms with Crippen LogP contribution in [0.3, 0.4) is 0 Å².